The summed E-state index contributed by atoms with van der Waals surface area (Å²) in [7, 11) is 0. The lowest BCUT2D eigenvalue weighted by atomic mass is 9.93. The Morgan fingerprint density at radius 3 is 2.15 bits per heavy atom. The highest BCUT2D eigenvalue weighted by molar-refractivity contribution is 6.21. The molecule has 0 aromatic heterocycles. The maximum atomic E-state index is 13.4. The van der Waals surface area contributed by atoms with E-state index >= 15 is 0 Å². The molecule has 0 bridgehead atoms. The molecule has 0 aliphatic rings. The molecule has 2 aromatic rings. The number of aryl methyl sites for hydroxylation is 4. The summed E-state index contributed by atoms with van der Waals surface area (Å²) in [6.07, 6.45) is 0.766. The number of alkyl halides is 1. The maximum Gasteiger partial charge on any atom is 0.123 e. The molecule has 1 atom stereocenters. The Morgan fingerprint density at radius 2 is 1.55 bits per heavy atom. The van der Waals surface area contributed by atoms with E-state index in [1.54, 1.807) is 12.1 Å². The normalized spacial score (nSPS) is 12.5. The van der Waals surface area contributed by atoms with Crippen molar-refractivity contribution < 1.29 is 4.39 Å². The molecular formula is C18H20ClF. The summed E-state index contributed by atoms with van der Waals surface area (Å²) in [6.45, 7) is 8.02. The molecule has 0 amide bonds. The predicted octanol–water partition coefficient (Wildman–Crippen LogP) is 5.58. The van der Waals surface area contributed by atoms with Gasteiger partial charge >= 0.3 is 0 Å². The quantitative estimate of drug-likeness (QED) is 0.647. The van der Waals surface area contributed by atoms with Gasteiger partial charge in [0.05, 0.1) is 5.38 Å². The highest BCUT2D eigenvalue weighted by Crippen LogP contribution is 2.32. The van der Waals surface area contributed by atoms with Crippen LogP contribution >= 0.6 is 11.6 Å². The van der Waals surface area contributed by atoms with E-state index in [1.165, 1.54) is 16.7 Å². The van der Waals surface area contributed by atoms with Gasteiger partial charge in [0, 0.05) is 0 Å². The number of benzene rings is 2. The van der Waals surface area contributed by atoms with E-state index in [0.717, 1.165) is 23.1 Å². The van der Waals surface area contributed by atoms with Crippen LogP contribution in [-0.4, -0.2) is 0 Å². The fourth-order valence-corrected chi connectivity index (χ4v) is 3.24. The molecule has 0 aliphatic carbocycles. The van der Waals surface area contributed by atoms with E-state index in [2.05, 4.69) is 32.0 Å². The molecule has 0 aliphatic heterocycles. The summed E-state index contributed by atoms with van der Waals surface area (Å²) < 4.78 is 13.4. The largest absolute Gasteiger partial charge is 0.207 e. The van der Waals surface area contributed by atoms with Gasteiger partial charge in [-0.2, -0.15) is 0 Å². The molecule has 0 fully saturated rings. The van der Waals surface area contributed by atoms with E-state index in [9.17, 15) is 4.39 Å². The summed E-state index contributed by atoms with van der Waals surface area (Å²) in [4.78, 5) is 0. The fraction of sp³-hybridized carbons (Fsp3) is 0.333. The average Bonchev–Trinajstić information content (AvgIpc) is 2.32. The third kappa shape index (κ3) is 3.21. The molecule has 0 saturated carbocycles. The Labute approximate surface area is 125 Å². The standard InChI is InChI=1S/C18H20ClF/c1-11-5-6-12(2)15(7-11)10-17(19)18-13(3)8-16(20)9-14(18)4/h5-9,17H,10H2,1-4H3. The second-order valence-electron chi connectivity index (χ2n) is 5.55. The molecule has 2 rings (SSSR count). The van der Waals surface area contributed by atoms with Gasteiger partial charge < -0.3 is 0 Å². The van der Waals surface area contributed by atoms with E-state index in [0.29, 0.717) is 0 Å². The van der Waals surface area contributed by atoms with Gasteiger partial charge in [0.1, 0.15) is 5.82 Å². The van der Waals surface area contributed by atoms with Crippen LogP contribution in [-0.2, 0) is 6.42 Å². The van der Waals surface area contributed by atoms with Crippen molar-refractivity contribution in [3.05, 3.63) is 69.5 Å². The minimum Gasteiger partial charge on any atom is -0.207 e. The zero-order chi connectivity index (χ0) is 14.9. The molecule has 0 N–H and O–H groups in total. The molecule has 20 heavy (non-hydrogen) atoms. The van der Waals surface area contributed by atoms with Crippen molar-refractivity contribution in [3.8, 4) is 0 Å². The predicted molar refractivity (Wildman–Crippen MR) is 84.1 cm³/mol. The van der Waals surface area contributed by atoms with E-state index in [4.69, 9.17) is 11.6 Å². The van der Waals surface area contributed by atoms with Crippen LogP contribution in [0.5, 0.6) is 0 Å². The molecule has 0 spiro atoms. The molecule has 0 nitrogen and oxygen atoms in total. The van der Waals surface area contributed by atoms with Crippen LogP contribution in [0.2, 0.25) is 0 Å². The molecule has 2 aromatic carbocycles. The average molecular weight is 291 g/mol. The molecule has 106 valence electrons. The Balaban J connectivity index is 2.33. The van der Waals surface area contributed by atoms with Crippen LogP contribution < -0.4 is 0 Å². The second kappa shape index (κ2) is 5.97. The first-order valence-corrected chi connectivity index (χ1v) is 7.29. The zero-order valence-corrected chi connectivity index (χ0v) is 13.2. The summed E-state index contributed by atoms with van der Waals surface area (Å²) in [5.41, 5.74) is 6.64. The Hall–Kier alpha value is -1.34. The van der Waals surface area contributed by atoms with Crippen LogP contribution in [0.1, 0.15) is 38.8 Å². The van der Waals surface area contributed by atoms with E-state index < -0.39 is 0 Å². The number of hydrogen-bond donors (Lipinski definition) is 0. The molecule has 0 radical (unpaired) electrons. The van der Waals surface area contributed by atoms with E-state index in [-0.39, 0.29) is 11.2 Å². The van der Waals surface area contributed by atoms with Crippen LogP contribution in [0.3, 0.4) is 0 Å². The zero-order valence-electron chi connectivity index (χ0n) is 12.4. The van der Waals surface area contributed by atoms with Gasteiger partial charge in [0.2, 0.25) is 0 Å². The monoisotopic (exact) mass is 290 g/mol. The molecule has 1 unspecified atom stereocenters. The summed E-state index contributed by atoms with van der Waals surface area (Å²) >= 11 is 6.61. The van der Waals surface area contributed by atoms with Gasteiger partial charge in [0.15, 0.2) is 0 Å². The van der Waals surface area contributed by atoms with Crippen LogP contribution in [0.4, 0.5) is 4.39 Å². The highest BCUT2D eigenvalue weighted by atomic mass is 35.5. The topological polar surface area (TPSA) is 0 Å². The van der Waals surface area contributed by atoms with Crippen molar-refractivity contribution in [3.63, 3.8) is 0 Å². The lowest BCUT2D eigenvalue weighted by Crippen LogP contribution is -2.03. The smallest absolute Gasteiger partial charge is 0.123 e. The van der Waals surface area contributed by atoms with Gasteiger partial charge in [-0.25, -0.2) is 4.39 Å². The van der Waals surface area contributed by atoms with Gasteiger partial charge in [0.25, 0.3) is 0 Å². The Morgan fingerprint density at radius 1 is 0.950 bits per heavy atom. The SMILES string of the molecule is Cc1ccc(C)c(CC(Cl)c2c(C)cc(F)cc2C)c1. The molecule has 0 heterocycles. The third-order valence-electron chi connectivity index (χ3n) is 3.78. The van der Waals surface area contributed by atoms with Crippen molar-refractivity contribution >= 4 is 11.6 Å². The van der Waals surface area contributed by atoms with Gasteiger partial charge in [-0.3, -0.25) is 0 Å². The molecule has 2 heteroatoms. The fourth-order valence-electron chi connectivity index (χ4n) is 2.73. The third-order valence-corrected chi connectivity index (χ3v) is 4.15. The first-order valence-electron chi connectivity index (χ1n) is 6.85. The minimum atomic E-state index is -0.195. The van der Waals surface area contributed by atoms with Crippen LogP contribution in [0, 0.1) is 33.5 Å². The maximum absolute atomic E-state index is 13.4. The number of hydrogen-bond acceptors (Lipinski definition) is 0. The lowest BCUT2D eigenvalue weighted by Gasteiger charge is -2.17. The number of halogens is 2. The first kappa shape index (κ1) is 15.1. The highest BCUT2D eigenvalue weighted by Gasteiger charge is 2.16. The molecule has 0 saturated heterocycles. The van der Waals surface area contributed by atoms with Gasteiger partial charge in [-0.05, 0) is 74.1 Å². The Kier molecular flexibility index (Phi) is 4.49. The molecular weight excluding hydrogens is 271 g/mol. The van der Waals surface area contributed by atoms with Gasteiger partial charge in [-0.1, -0.05) is 23.8 Å². The van der Waals surface area contributed by atoms with Crippen molar-refractivity contribution in [1.82, 2.24) is 0 Å². The van der Waals surface area contributed by atoms with E-state index in [1.807, 2.05) is 13.8 Å². The number of rotatable bonds is 3. The summed E-state index contributed by atoms with van der Waals surface area (Å²) in [5, 5.41) is -0.129. The van der Waals surface area contributed by atoms with Crippen molar-refractivity contribution in [1.29, 1.82) is 0 Å². The minimum absolute atomic E-state index is 0.129. The first-order chi connectivity index (χ1) is 9.38. The Bertz CT molecular complexity index is 608. The second-order valence-corrected chi connectivity index (χ2v) is 6.08. The van der Waals surface area contributed by atoms with Crippen molar-refractivity contribution in [2.75, 3.05) is 0 Å². The van der Waals surface area contributed by atoms with Crippen molar-refractivity contribution in [2.45, 2.75) is 39.5 Å². The summed E-state index contributed by atoms with van der Waals surface area (Å²) in [5.74, 6) is -0.195. The lowest BCUT2D eigenvalue weighted by molar-refractivity contribution is 0.623. The van der Waals surface area contributed by atoms with Crippen LogP contribution in [0.25, 0.3) is 0 Å². The van der Waals surface area contributed by atoms with Crippen molar-refractivity contribution in [2.24, 2.45) is 0 Å². The van der Waals surface area contributed by atoms with Gasteiger partial charge in [-0.15, -0.1) is 11.6 Å². The van der Waals surface area contributed by atoms with Crippen LogP contribution in [0.15, 0.2) is 30.3 Å². The summed E-state index contributed by atoms with van der Waals surface area (Å²) in [6, 6.07) is 9.52.